The Bertz CT molecular complexity index is 2150. The Morgan fingerprint density at radius 2 is 1.39 bits per heavy atom. The van der Waals surface area contributed by atoms with Crippen LogP contribution in [-0.2, 0) is 0 Å². The van der Waals surface area contributed by atoms with Crippen LogP contribution < -0.4 is 4.74 Å². The Kier molecular flexibility index (Phi) is 4.64. The number of fused-ring (bicyclic) bond motifs is 7. The number of hydrogen-bond donors (Lipinski definition) is 0. The summed E-state index contributed by atoms with van der Waals surface area (Å²) in [6.07, 6.45) is 2.18. The molecule has 0 spiro atoms. The molecule has 38 heavy (non-hydrogen) atoms. The van der Waals surface area contributed by atoms with Gasteiger partial charge in [-0.25, -0.2) is 0 Å². The summed E-state index contributed by atoms with van der Waals surface area (Å²) in [5.74, 6) is 0.868. The monoisotopic (exact) mass is 505 g/mol. The predicted molar refractivity (Wildman–Crippen MR) is 163 cm³/mol. The van der Waals surface area contributed by atoms with Gasteiger partial charge in [0.05, 0.1) is 12.6 Å². The molecule has 8 rings (SSSR count). The van der Waals surface area contributed by atoms with Gasteiger partial charge in [-0.05, 0) is 99.4 Å². The first-order chi connectivity index (χ1) is 18.8. The standard InChI is InChI=1S/C35H23NOS/c1-37-26-13-11-22(12-14-26)28-18-24-19-33-23(15-16-36(33)25-7-3-2-4-8-25)17-29(24)31-21-35-32(20-30(28)31)27-9-5-6-10-34(27)38-35/h2-21H,1H3. The molecule has 8 aromatic rings. The third-order valence-corrected chi connectivity index (χ3v) is 8.83. The Morgan fingerprint density at radius 1 is 0.579 bits per heavy atom. The van der Waals surface area contributed by atoms with E-state index in [1.54, 1.807) is 7.11 Å². The third-order valence-electron chi connectivity index (χ3n) is 7.69. The molecule has 2 nitrogen and oxygen atoms in total. The molecular weight excluding hydrogens is 482 g/mol. The highest BCUT2D eigenvalue weighted by Crippen LogP contribution is 2.43. The van der Waals surface area contributed by atoms with E-state index >= 15 is 0 Å². The van der Waals surface area contributed by atoms with Crippen LogP contribution >= 0.6 is 11.3 Å². The molecule has 0 aliphatic carbocycles. The fraction of sp³-hybridized carbons (Fsp3) is 0.0286. The third kappa shape index (κ3) is 3.19. The highest BCUT2D eigenvalue weighted by molar-refractivity contribution is 7.25. The number of rotatable bonds is 3. The molecule has 0 bridgehead atoms. The molecule has 2 heterocycles. The van der Waals surface area contributed by atoms with Crippen molar-refractivity contribution in [3.63, 3.8) is 0 Å². The van der Waals surface area contributed by atoms with Crippen molar-refractivity contribution in [1.29, 1.82) is 0 Å². The fourth-order valence-corrected chi connectivity index (χ4v) is 6.95. The average molecular weight is 506 g/mol. The number of nitrogens with zero attached hydrogens (tertiary/aromatic N) is 1. The largest absolute Gasteiger partial charge is 0.497 e. The van der Waals surface area contributed by atoms with Gasteiger partial charge in [-0.2, -0.15) is 0 Å². The topological polar surface area (TPSA) is 14.2 Å². The number of hydrogen-bond acceptors (Lipinski definition) is 2. The smallest absolute Gasteiger partial charge is 0.118 e. The lowest BCUT2D eigenvalue weighted by molar-refractivity contribution is 0.415. The van der Waals surface area contributed by atoms with E-state index in [0.29, 0.717) is 0 Å². The van der Waals surface area contributed by atoms with Gasteiger partial charge in [0, 0.05) is 37.4 Å². The second-order valence-corrected chi connectivity index (χ2v) is 10.9. The van der Waals surface area contributed by atoms with E-state index in [0.717, 1.165) is 5.75 Å². The van der Waals surface area contributed by atoms with Crippen LogP contribution in [0.1, 0.15) is 0 Å². The molecule has 0 saturated heterocycles. The van der Waals surface area contributed by atoms with E-state index in [9.17, 15) is 0 Å². The Balaban J connectivity index is 1.49. The zero-order valence-corrected chi connectivity index (χ0v) is 21.6. The first-order valence-corrected chi connectivity index (χ1v) is 13.6. The molecule has 0 fully saturated rings. The maximum atomic E-state index is 5.45. The zero-order valence-electron chi connectivity index (χ0n) is 20.8. The van der Waals surface area contributed by atoms with E-state index in [2.05, 4.69) is 114 Å². The number of para-hydroxylation sites is 1. The minimum Gasteiger partial charge on any atom is -0.497 e. The molecular formula is C35H23NOS. The summed E-state index contributed by atoms with van der Waals surface area (Å²) in [6, 6.07) is 41.8. The highest BCUT2D eigenvalue weighted by Gasteiger charge is 2.15. The minimum absolute atomic E-state index is 0.868. The van der Waals surface area contributed by atoms with Crippen molar-refractivity contribution in [2.45, 2.75) is 0 Å². The van der Waals surface area contributed by atoms with Gasteiger partial charge in [0.15, 0.2) is 0 Å². The zero-order chi connectivity index (χ0) is 25.2. The van der Waals surface area contributed by atoms with Crippen LogP contribution in [0.4, 0.5) is 0 Å². The van der Waals surface area contributed by atoms with Crippen molar-refractivity contribution in [1.82, 2.24) is 4.57 Å². The first-order valence-electron chi connectivity index (χ1n) is 12.8. The maximum absolute atomic E-state index is 5.45. The lowest BCUT2D eigenvalue weighted by Crippen LogP contribution is -1.91. The molecule has 0 saturated carbocycles. The van der Waals surface area contributed by atoms with Crippen LogP contribution in [0, 0.1) is 0 Å². The Hall–Kier alpha value is -4.60. The lowest BCUT2D eigenvalue weighted by Gasteiger charge is -2.13. The second kappa shape index (κ2) is 8.20. The van der Waals surface area contributed by atoms with Gasteiger partial charge < -0.3 is 9.30 Å². The van der Waals surface area contributed by atoms with Gasteiger partial charge in [-0.1, -0.05) is 48.5 Å². The van der Waals surface area contributed by atoms with Crippen molar-refractivity contribution in [3.05, 3.63) is 121 Å². The summed E-state index contributed by atoms with van der Waals surface area (Å²) < 4.78 is 10.4. The van der Waals surface area contributed by atoms with E-state index in [1.165, 1.54) is 69.4 Å². The van der Waals surface area contributed by atoms with Crippen LogP contribution in [0.25, 0.3) is 69.4 Å². The predicted octanol–water partition coefficient (Wildman–Crippen LogP) is 9.98. The number of methoxy groups -OCH3 is 1. The van der Waals surface area contributed by atoms with Crippen LogP contribution in [0.2, 0.25) is 0 Å². The molecule has 0 aliphatic heterocycles. The first kappa shape index (κ1) is 21.5. The SMILES string of the molecule is COc1ccc(-c2cc3cc4c(ccn4-c4ccccc4)cc3c3cc4sc5ccccc5c4cc23)cc1. The molecule has 2 aromatic heterocycles. The van der Waals surface area contributed by atoms with E-state index in [-0.39, 0.29) is 0 Å². The Morgan fingerprint density at radius 3 is 2.24 bits per heavy atom. The number of benzene rings is 6. The summed E-state index contributed by atoms with van der Waals surface area (Å²) in [6.45, 7) is 0. The van der Waals surface area contributed by atoms with E-state index in [4.69, 9.17) is 4.74 Å². The number of ether oxygens (including phenoxy) is 1. The number of thiophene rings is 1. The molecule has 0 aliphatic rings. The molecule has 0 amide bonds. The van der Waals surface area contributed by atoms with Crippen molar-refractivity contribution in [3.8, 4) is 22.6 Å². The van der Waals surface area contributed by atoms with Crippen LogP contribution in [0.3, 0.4) is 0 Å². The van der Waals surface area contributed by atoms with Crippen molar-refractivity contribution < 1.29 is 4.74 Å². The Labute approximate surface area is 223 Å². The van der Waals surface area contributed by atoms with Gasteiger partial charge in [-0.15, -0.1) is 11.3 Å². The molecule has 180 valence electrons. The van der Waals surface area contributed by atoms with Gasteiger partial charge in [0.2, 0.25) is 0 Å². The number of aromatic nitrogens is 1. The van der Waals surface area contributed by atoms with Crippen LogP contribution in [0.15, 0.2) is 121 Å². The van der Waals surface area contributed by atoms with Crippen LogP contribution in [-0.4, -0.2) is 11.7 Å². The van der Waals surface area contributed by atoms with Gasteiger partial charge in [-0.3, -0.25) is 0 Å². The normalized spacial score (nSPS) is 11.8. The van der Waals surface area contributed by atoms with Crippen LogP contribution in [0.5, 0.6) is 5.75 Å². The highest BCUT2D eigenvalue weighted by atomic mass is 32.1. The summed E-state index contributed by atoms with van der Waals surface area (Å²) >= 11 is 1.88. The van der Waals surface area contributed by atoms with Crippen molar-refractivity contribution in [2.24, 2.45) is 0 Å². The van der Waals surface area contributed by atoms with Gasteiger partial charge in [0.1, 0.15) is 5.75 Å². The quantitative estimate of drug-likeness (QED) is 0.218. The summed E-state index contributed by atoms with van der Waals surface area (Å²) in [7, 11) is 1.71. The van der Waals surface area contributed by atoms with Crippen molar-refractivity contribution >= 4 is 64.0 Å². The maximum Gasteiger partial charge on any atom is 0.118 e. The second-order valence-electron chi connectivity index (χ2n) is 9.80. The molecule has 0 atom stereocenters. The molecule has 0 N–H and O–H groups in total. The summed E-state index contributed by atoms with van der Waals surface area (Å²) in [5.41, 5.74) is 4.82. The lowest BCUT2D eigenvalue weighted by atomic mass is 9.91. The summed E-state index contributed by atoms with van der Waals surface area (Å²) in [4.78, 5) is 0. The van der Waals surface area contributed by atoms with Gasteiger partial charge >= 0.3 is 0 Å². The molecule has 0 radical (unpaired) electrons. The molecule has 6 aromatic carbocycles. The van der Waals surface area contributed by atoms with E-state index < -0.39 is 0 Å². The molecule has 3 heteroatoms. The fourth-order valence-electron chi connectivity index (χ4n) is 5.82. The summed E-state index contributed by atoms with van der Waals surface area (Å²) in [5, 5.41) is 9.00. The van der Waals surface area contributed by atoms with Crippen molar-refractivity contribution in [2.75, 3.05) is 7.11 Å². The molecule has 0 unspecified atom stereocenters. The minimum atomic E-state index is 0.868. The van der Waals surface area contributed by atoms with Gasteiger partial charge in [0.25, 0.3) is 0 Å². The van der Waals surface area contributed by atoms with E-state index in [1.807, 2.05) is 23.5 Å². The average Bonchev–Trinajstić information content (AvgIpc) is 3.56.